The average Bonchev–Trinajstić information content (AvgIpc) is 2.00. The summed E-state index contributed by atoms with van der Waals surface area (Å²) in [5.74, 6) is -0.748. The van der Waals surface area contributed by atoms with Crippen LogP contribution >= 0.6 is 15.9 Å². The first-order valence-corrected chi connectivity index (χ1v) is 6.41. The number of carboxylic acid groups (broad SMARTS) is 1. The van der Waals surface area contributed by atoms with Crippen LogP contribution in [0.2, 0.25) is 0 Å². The van der Waals surface area contributed by atoms with E-state index in [2.05, 4.69) is 43.6 Å². The van der Waals surface area contributed by atoms with Crippen LogP contribution in [0.1, 0.15) is 55.4 Å². The molecule has 16 heavy (non-hydrogen) atoms. The largest absolute Gasteiger partial charge is 0.481 e. The summed E-state index contributed by atoms with van der Waals surface area (Å²) in [4.78, 5) is 11.4. The lowest BCUT2D eigenvalue weighted by Crippen LogP contribution is -2.55. The first kappa shape index (κ1) is 16.0. The first-order chi connectivity index (χ1) is 6.69. The molecule has 0 aromatic heterocycles. The second kappa shape index (κ2) is 4.01. The zero-order valence-electron chi connectivity index (χ0n) is 11.7. The lowest BCUT2D eigenvalue weighted by Gasteiger charge is -2.55. The molecule has 3 heteroatoms. The van der Waals surface area contributed by atoms with Gasteiger partial charge in [0.25, 0.3) is 0 Å². The summed E-state index contributed by atoms with van der Waals surface area (Å²) in [6.07, 6.45) is 0. The van der Waals surface area contributed by atoms with Crippen LogP contribution in [0.15, 0.2) is 0 Å². The molecule has 0 heterocycles. The van der Waals surface area contributed by atoms with Crippen LogP contribution in [-0.2, 0) is 4.79 Å². The number of halogens is 1. The number of aliphatic carboxylic acids is 1. The third-order valence-corrected chi connectivity index (χ3v) is 6.14. The molecule has 96 valence electrons. The van der Waals surface area contributed by atoms with Crippen LogP contribution in [0.5, 0.6) is 0 Å². The molecule has 0 aliphatic carbocycles. The monoisotopic (exact) mass is 292 g/mol. The van der Waals surface area contributed by atoms with Crippen molar-refractivity contribution < 1.29 is 9.90 Å². The molecule has 0 saturated heterocycles. The van der Waals surface area contributed by atoms with Gasteiger partial charge < -0.3 is 5.11 Å². The summed E-state index contributed by atoms with van der Waals surface area (Å²) in [5, 5.41) is 9.39. The Morgan fingerprint density at radius 2 is 1.19 bits per heavy atom. The SMILES string of the molecule is CC(C)(Br)C(C)(C)C(C)(C)C(C)(C)C(=O)O. The van der Waals surface area contributed by atoms with Gasteiger partial charge in [0.1, 0.15) is 0 Å². The van der Waals surface area contributed by atoms with E-state index in [-0.39, 0.29) is 15.2 Å². The van der Waals surface area contributed by atoms with Crippen LogP contribution in [0.3, 0.4) is 0 Å². The van der Waals surface area contributed by atoms with E-state index < -0.39 is 11.4 Å². The zero-order valence-corrected chi connectivity index (χ0v) is 13.3. The van der Waals surface area contributed by atoms with Crippen LogP contribution in [0.25, 0.3) is 0 Å². The highest BCUT2D eigenvalue weighted by Crippen LogP contribution is 2.58. The van der Waals surface area contributed by atoms with Gasteiger partial charge in [0.05, 0.1) is 5.41 Å². The minimum Gasteiger partial charge on any atom is -0.481 e. The molecule has 0 radical (unpaired) electrons. The second-order valence-electron chi connectivity index (χ2n) is 6.65. The summed E-state index contributed by atoms with van der Waals surface area (Å²) in [7, 11) is 0. The number of carboxylic acids is 1. The number of hydrogen-bond donors (Lipinski definition) is 1. The van der Waals surface area contributed by atoms with Gasteiger partial charge in [-0.25, -0.2) is 0 Å². The summed E-state index contributed by atoms with van der Waals surface area (Å²) in [5.41, 5.74) is -1.29. The first-order valence-electron chi connectivity index (χ1n) is 5.62. The van der Waals surface area contributed by atoms with Gasteiger partial charge in [0.2, 0.25) is 0 Å². The van der Waals surface area contributed by atoms with E-state index in [1.807, 2.05) is 13.8 Å². The molecule has 0 aromatic carbocycles. The lowest BCUT2D eigenvalue weighted by atomic mass is 9.51. The predicted octanol–water partition coefficient (Wildman–Crippen LogP) is 4.32. The van der Waals surface area contributed by atoms with Crippen molar-refractivity contribution in [2.45, 2.75) is 59.7 Å². The molecule has 2 nitrogen and oxygen atoms in total. The van der Waals surface area contributed by atoms with Gasteiger partial charge in [-0.3, -0.25) is 4.79 Å². The molecule has 0 spiro atoms. The van der Waals surface area contributed by atoms with Crippen LogP contribution in [0.4, 0.5) is 0 Å². The quantitative estimate of drug-likeness (QED) is 0.784. The molecule has 0 aliphatic heterocycles. The fourth-order valence-corrected chi connectivity index (χ4v) is 2.29. The number of rotatable bonds is 4. The zero-order chi connectivity index (χ0) is 13.6. The highest BCUT2D eigenvalue weighted by molar-refractivity contribution is 9.10. The fourth-order valence-electron chi connectivity index (χ4n) is 1.79. The van der Waals surface area contributed by atoms with Crippen molar-refractivity contribution in [2.24, 2.45) is 16.2 Å². The van der Waals surface area contributed by atoms with Crippen molar-refractivity contribution in [1.82, 2.24) is 0 Å². The Labute approximate surface area is 108 Å². The van der Waals surface area contributed by atoms with E-state index in [0.717, 1.165) is 0 Å². The van der Waals surface area contributed by atoms with Crippen molar-refractivity contribution in [1.29, 1.82) is 0 Å². The molecule has 1 N–H and O–H groups in total. The Morgan fingerprint density at radius 1 is 0.875 bits per heavy atom. The van der Waals surface area contributed by atoms with E-state index in [9.17, 15) is 9.90 Å². The van der Waals surface area contributed by atoms with Gasteiger partial charge in [-0.2, -0.15) is 0 Å². The van der Waals surface area contributed by atoms with E-state index in [0.29, 0.717) is 0 Å². The highest BCUT2D eigenvalue weighted by Gasteiger charge is 2.56. The standard InChI is InChI=1S/C13H25BrO2/c1-10(2,9(15)16)11(3,4)12(5,6)13(7,8)14/h1-8H3,(H,15,16). The Bertz CT molecular complexity index is 283. The van der Waals surface area contributed by atoms with Crippen molar-refractivity contribution in [3.8, 4) is 0 Å². The van der Waals surface area contributed by atoms with Gasteiger partial charge in [0, 0.05) is 4.32 Å². The molecule has 0 atom stereocenters. The smallest absolute Gasteiger partial charge is 0.309 e. The minimum absolute atomic E-state index is 0.129. The van der Waals surface area contributed by atoms with E-state index >= 15 is 0 Å². The molecule has 0 bridgehead atoms. The Balaban J connectivity index is 5.62. The fraction of sp³-hybridized carbons (Fsp3) is 0.923. The number of hydrogen-bond acceptors (Lipinski definition) is 1. The lowest BCUT2D eigenvalue weighted by molar-refractivity contribution is -0.161. The molecule has 0 rings (SSSR count). The third kappa shape index (κ3) is 2.15. The number of alkyl halides is 1. The van der Waals surface area contributed by atoms with Crippen molar-refractivity contribution >= 4 is 21.9 Å². The average molecular weight is 293 g/mol. The molecule has 0 fully saturated rings. The minimum atomic E-state index is -0.776. The van der Waals surface area contributed by atoms with Crippen LogP contribution in [0, 0.1) is 16.2 Å². The van der Waals surface area contributed by atoms with E-state index in [4.69, 9.17) is 0 Å². The third-order valence-electron chi connectivity index (χ3n) is 5.15. The molecular weight excluding hydrogens is 268 g/mol. The Morgan fingerprint density at radius 3 is 1.38 bits per heavy atom. The van der Waals surface area contributed by atoms with Gasteiger partial charge in [-0.1, -0.05) is 43.6 Å². The van der Waals surface area contributed by atoms with Crippen LogP contribution < -0.4 is 0 Å². The molecule has 0 unspecified atom stereocenters. The predicted molar refractivity (Wildman–Crippen MR) is 72.0 cm³/mol. The Kier molecular flexibility index (Phi) is 3.99. The maximum Gasteiger partial charge on any atom is 0.309 e. The van der Waals surface area contributed by atoms with Gasteiger partial charge in [-0.15, -0.1) is 0 Å². The maximum absolute atomic E-state index is 11.4. The Hall–Kier alpha value is -0.0500. The molecule has 0 amide bonds. The van der Waals surface area contributed by atoms with Gasteiger partial charge >= 0.3 is 5.97 Å². The molecule has 0 saturated carbocycles. The maximum atomic E-state index is 11.4. The summed E-state index contributed by atoms with van der Waals surface area (Å²) in [6.45, 7) is 16.1. The van der Waals surface area contributed by atoms with Crippen molar-refractivity contribution in [3.05, 3.63) is 0 Å². The van der Waals surface area contributed by atoms with Gasteiger partial charge in [0.15, 0.2) is 0 Å². The molecule has 0 aromatic rings. The van der Waals surface area contributed by atoms with Crippen molar-refractivity contribution in [2.75, 3.05) is 0 Å². The van der Waals surface area contributed by atoms with Gasteiger partial charge in [-0.05, 0) is 38.5 Å². The highest BCUT2D eigenvalue weighted by atomic mass is 79.9. The van der Waals surface area contributed by atoms with Crippen LogP contribution in [-0.4, -0.2) is 15.4 Å². The summed E-state index contributed by atoms with van der Waals surface area (Å²) in [6, 6.07) is 0. The summed E-state index contributed by atoms with van der Waals surface area (Å²) < 4.78 is -0.129. The van der Waals surface area contributed by atoms with Crippen molar-refractivity contribution in [3.63, 3.8) is 0 Å². The topological polar surface area (TPSA) is 37.3 Å². The molecule has 0 aliphatic rings. The second-order valence-corrected chi connectivity index (χ2v) is 8.64. The van der Waals surface area contributed by atoms with E-state index in [1.165, 1.54) is 0 Å². The normalized spacial score (nSPS) is 15.1. The number of carbonyl (C=O) groups is 1. The summed E-state index contributed by atoms with van der Waals surface area (Å²) >= 11 is 3.68. The van der Waals surface area contributed by atoms with E-state index in [1.54, 1.807) is 13.8 Å². The molecular formula is C13H25BrO2.